The van der Waals surface area contributed by atoms with Crippen molar-refractivity contribution in [2.75, 3.05) is 26.8 Å². The molecular formula is C12H19ClN2O4S. The van der Waals surface area contributed by atoms with Crippen LogP contribution in [0.25, 0.3) is 0 Å². The van der Waals surface area contributed by atoms with E-state index in [0.29, 0.717) is 31.3 Å². The highest BCUT2D eigenvalue weighted by molar-refractivity contribution is 7.89. The van der Waals surface area contributed by atoms with Crippen molar-refractivity contribution in [1.29, 1.82) is 0 Å². The fourth-order valence-corrected chi connectivity index (χ4v) is 2.76. The summed E-state index contributed by atoms with van der Waals surface area (Å²) >= 11 is 0. The third-order valence-corrected chi connectivity index (χ3v) is 4.32. The molecule has 0 aromatic heterocycles. The van der Waals surface area contributed by atoms with Crippen molar-refractivity contribution in [2.24, 2.45) is 0 Å². The zero-order valence-electron chi connectivity index (χ0n) is 11.4. The molecule has 114 valence electrons. The van der Waals surface area contributed by atoms with E-state index >= 15 is 0 Å². The summed E-state index contributed by atoms with van der Waals surface area (Å²) in [5.41, 5.74) is 0. The molecular weight excluding hydrogens is 304 g/mol. The SMILES string of the molecule is CNC(C)CNS(=O)(=O)c1ccc2c(c1)OCCO2.Cl. The highest BCUT2D eigenvalue weighted by Gasteiger charge is 2.19. The van der Waals surface area contributed by atoms with Crippen LogP contribution in [0.15, 0.2) is 23.1 Å². The number of sulfonamides is 1. The lowest BCUT2D eigenvalue weighted by Crippen LogP contribution is -2.37. The molecule has 1 aliphatic heterocycles. The first kappa shape index (κ1) is 17.0. The Morgan fingerprint density at radius 3 is 2.55 bits per heavy atom. The number of hydrogen-bond acceptors (Lipinski definition) is 5. The van der Waals surface area contributed by atoms with E-state index in [4.69, 9.17) is 9.47 Å². The fourth-order valence-electron chi connectivity index (χ4n) is 1.61. The van der Waals surface area contributed by atoms with Crippen LogP contribution in [0.2, 0.25) is 0 Å². The smallest absolute Gasteiger partial charge is 0.240 e. The highest BCUT2D eigenvalue weighted by Crippen LogP contribution is 2.32. The van der Waals surface area contributed by atoms with Gasteiger partial charge in [-0.25, -0.2) is 13.1 Å². The summed E-state index contributed by atoms with van der Waals surface area (Å²) in [4.78, 5) is 0.181. The Hall–Kier alpha value is -1.02. The Morgan fingerprint density at radius 1 is 1.25 bits per heavy atom. The van der Waals surface area contributed by atoms with Gasteiger partial charge in [0, 0.05) is 18.7 Å². The number of rotatable bonds is 5. The van der Waals surface area contributed by atoms with E-state index in [9.17, 15) is 8.42 Å². The Kier molecular flexibility index (Phi) is 6.07. The normalized spacial score (nSPS) is 15.3. The number of benzene rings is 1. The number of nitrogens with one attached hydrogen (secondary N) is 2. The van der Waals surface area contributed by atoms with Gasteiger partial charge >= 0.3 is 0 Å². The maximum Gasteiger partial charge on any atom is 0.240 e. The maximum absolute atomic E-state index is 12.1. The van der Waals surface area contributed by atoms with Crippen LogP contribution in [0, 0.1) is 0 Å². The first-order valence-electron chi connectivity index (χ1n) is 6.09. The van der Waals surface area contributed by atoms with Crippen LogP contribution in [0.4, 0.5) is 0 Å². The number of fused-ring (bicyclic) bond motifs is 1. The monoisotopic (exact) mass is 322 g/mol. The van der Waals surface area contributed by atoms with Crippen LogP contribution in [-0.2, 0) is 10.0 Å². The van der Waals surface area contributed by atoms with Gasteiger partial charge < -0.3 is 14.8 Å². The van der Waals surface area contributed by atoms with Gasteiger partial charge in [0.1, 0.15) is 13.2 Å². The summed E-state index contributed by atoms with van der Waals surface area (Å²) in [6, 6.07) is 4.68. The highest BCUT2D eigenvalue weighted by atomic mass is 35.5. The van der Waals surface area contributed by atoms with Gasteiger partial charge in [-0.1, -0.05) is 0 Å². The zero-order chi connectivity index (χ0) is 13.9. The summed E-state index contributed by atoms with van der Waals surface area (Å²) in [5.74, 6) is 1.05. The predicted octanol–water partition coefficient (Wildman–Crippen LogP) is 0.766. The Bertz CT molecular complexity index is 550. The predicted molar refractivity (Wildman–Crippen MR) is 78.4 cm³/mol. The summed E-state index contributed by atoms with van der Waals surface area (Å²) in [7, 11) is -1.74. The van der Waals surface area contributed by atoms with E-state index in [1.165, 1.54) is 12.1 Å². The summed E-state index contributed by atoms with van der Waals surface area (Å²) in [6.45, 7) is 3.14. The van der Waals surface area contributed by atoms with Gasteiger partial charge in [-0.05, 0) is 26.1 Å². The van der Waals surface area contributed by atoms with Gasteiger partial charge in [0.25, 0.3) is 0 Å². The van der Waals surface area contributed by atoms with Crippen LogP contribution in [0.1, 0.15) is 6.92 Å². The molecule has 0 radical (unpaired) electrons. The fraction of sp³-hybridized carbons (Fsp3) is 0.500. The lowest BCUT2D eigenvalue weighted by Gasteiger charge is -2.19. The number of ether oxygens (including phenoxy) is 2. The van der Waals surface area contributed by atoms with E-state index in [2.05, 4.69) is 10.0 Å². The third-order valence-electron chi connectivity index (χ3n) is 2.90. The average Bonchev–Trinajstić information content (AvgIpc) is 2.44. The second kappa shape index (κ2) is 7.12. The molecule has 0 aliphatic carbocycles. The second-order valence-corrected chi connectivity index (χ2v) is 6.11. The molecule has 20 heavy (non-hydrogen) atoms. The maximum atomic E-state index is 12.1. The van der Waals surface area contributed by atoms with Crippen LogP contribution in [0.3, 0.4) is 0 Å². The van der Waals surface area contributed by atoms with Gasteiger partial charge in [0.05, 0.1) is 4.90 Å². The zero-order valence-corrected chi connectivity index (χ0v) is 13.0. The van der Waals surface area contributed by atoms with E-state index < -0.39 is 10.0 Å². The first-order chi connectivity index (χ1) is 9.03. The topological polar surface area (TPSA) is 76.7 Å². The number of hydrogen-bond donors (Lipinski definition) is 2. The summed E-state index contributed by atoms with van der Waals surface area (Å²) < 4.78 is 37.5. The molecule has 0 amide bonds. The summed E-state index contributed by atoms with van der Waals surface area (Å²) in [6.07, 6.45) is 0. The van der Waals surface area contributed by atoms with E-state index in [1.807, 2.05) is 6.92 Å². The van der Waals surface area contributed by atoms with E-state index in [0.717, 1.165) is 0 Å². The molecule has 2 N–H and O–H groups in total. The van der Waals surface area contributed by atoms with Crippen molar-refractivity contribution in [1.82, 2.24) is 10.0 Å². The minimum Gasteiger partial charge on any atom is -0.486 e. The largest absolute Gasteiger partial charge is 0.486 e. The van der Waals surface area contributed by atoms with Crippen molar-refractivity contribution in [3.8, 4) is 11.5 Å². The molecule has 1 heterocycles. The van der Waals surface area contributed by atoms with E-state index in [1.54, 1.807) is 13.1 Å². The molecule has 1 atom stereocenters. The molecule has 1 aliphatic rings. The molecule has 1 unspecified atom stereocenters. The average molecular weight is 323 g/mol. The van der Waals surface area contributed by atoms with Crippen LogP contribution in [0.5, 0.6) is 11.5 Å². The number of halogens is 1. The molecule has 0 saturated heterocycles. The lowest BCUT2D eigenvalue weighted by molar-refractivity contribution is 0.171. The van der Waals surface area contributed by atoms with E-state index in [-0.39, 0.29) is 23.3 Å². The minimum atomic E-state index is -3.52. The molecule has 0 spiro atoms. The molecule has 1 aromatic carbocycles. The van der Waals surface area contributed by atoms with Crippen molar-refractivity contribution in [3.63, 3.8) is 0 Å². The number of likely N-dealkylation sites (N-methyl/N-ethyl adjacent to an activating group) is 1. The second-order valence-electron chi connectivity index (χ2n) is 4.35. The quantitative estimate of drug-likeness (QED) is 0.837. The van der Waals surface area contributed by atoms with Crippen molar-refractivity contribution in [3.05, 3.63) is 18.2 Å². The van der Waals surface area contributed by atoms with Crippen molar-refractivity contribution in [2.45, 2.75) is 17.9 Å². The molecule has 2 rings (SSSR count). The van der Waals surface area contributed by atoms with Gasteiger partial charge in [0.15, 0.2) is 11.5 Å². The lowest BCUT2D eigenvalue weighted by atomic mass is 10.3. The molecule has 6 nitrogen and oxygen atoms in total. The van der Waals surface area contributed by atoms with Crippen molar-refractivity contribution >= 4 is 22.4 Å². The molecule has 0 bridgehead atoms. The molecule has 0 saturated carbocycles. The molecule has 0 fully saturated rings. The van der Waals surface area contributed by atoms with Gasteiger partial charge in [-0.3, -0.25) is 0 Å². The Balaban J connectivity index is 0.00000200. The van der Waals surface area contributed by atoms with Gasteiger partial charge in [-0.15, -0.1) is 12.4 Å². The van der Waals surface area contributed by atoms with Crippen LogP contribution in [-0.4, -0.2) is 41.3 Å². The summed E-state index contributed by atoms with van der Waals surface area (Å²) in [5, 5.41) is 2.97. The third kappa shape index (κ3) is 3.99. The van der Waals surface area contributed by atoms with Gasteiger partial charge in [0.2, 0.25) is 10.0 Å². The first-order valence-corrected chi connectivity index (χ1v) is 7.58. The standard InChI is InChI=1S/C12H18N2O4S.ClH/c1-9(13-2)8-14-19(15,16)10-3-4-11-12(7-10)18-6-5-17-11;/h3-4,7,9,13-14H,5-6,8H2,1-2H3;1H. The molecule has 8 heteroatoms. The van der Waals surface area contributed by atoms with Gasteiger partial charge in [-0.2, -0.15) is 0 Å². The Labute approximate surface area is 125 Å². The van der Waals surface area contributed by atoms with Crippen molar-refractivity contribution < 1.29 is 17.9 Å². The minimum absolute atomic E-state index is 0. The molecule has 1 aromatic rings. The Morgan fingerprint density at radius 2 is 1.90 bits per heavy atom. The van der Waals surface area contributed by atoms with Crippen LogP contribution >= 0.6 is 12.4 Å². The van der Waals surface area contributed by atoms with Crippen LogP contribution < -0.4 is 19.5 Å².